The molecule has 0 amide bonds. The summed E-state index contributed by atoms with van der Waals surface area (Å²) in [6, 6.07) is 0. The molecule has 1 N–H and O–H groups in total. The van der Waals surface area contributed by atoms with Gasteiger partial charge in [0.05, 0.1) is 27.7 Å². The van der Waals surface area contributed by atoms with Crippen molar-refractivity contribution >= 4 is 19.8 Å². The lowest BCUT2D eigenvalue weighted by molar-refractivity contribution is -0.870. The molecular weight excluding hydrogens is 557 g/mol. The molecule has 0 aromatic carbocycles. The number of hydrogen-bond acceptors (Lipinski definition) is 7. The number of unbranched alkanes of at least 4 members (excludes halogenated alkanes) is 13. The fourth-order valence-electron chi connectivity index (χ4n) is 4.12. The maximum absolute atomic E-state index is 12.3. The number of hydrogen-bond donors (Lipinski definition) is 1. The van der Waals surface area contributed by atoms with Gasteiger partial charge in [-0.05, 0) is 38.5 Å². The number of ether oxygens (including phenoxy) is 2. The summed E-state index contributed by atoms with van der Waals surface area (Å²) >= 11 is 0. The van der Waals surface area contributed by atoms with Gasteiger partial charge in [-0.2, -0.15) is 0 Å². The number of phosphoric ester groups is 1. The van der Waals surface area contributed by atoms with Gasteiger partial charge in [-0.3, -0.25) is 18.6 Å². The van der Waals surface area contributed by atoms with Crippen LogP contribution in [0.1, 0.15) is 129 Å². The Morgan fingerprint density at radius 2 is 1.21 bits per heavy atom. The van der Waals surface area contributed by atoms with Gasteiger partial charge < -0.3 is 18.9 Å². The number of nitrogens with zero attached hydrogens (tertiary/aromatic N) is 1. The van der Waals surface area contributed by atoms with E-state index in [1.807, 2.05) is 28.1 Å². The van der Waals surface area contributed by atoms with Gasteiger partial charge in [0.2, 0.25) is 0 Å². The first-order valence-electron chi connectivity index (χ1n) is 16.4. The molecule has 0 aliphatic heterocycles. The minimum Gasteiger partial charge on any atom is -0.462 e. The van der Waals surface area contributed by atoms with E-state index in [4.69, 9.17) is 18.5 Å². The van der Waals surface area contributed by atoms with E-state index in [-0.39, 0.29) is 32.0 Å². The van der Waals surface area contributed by atoms with Crippen LogP contribution in [0.2, 0.25) is 0 Å². The van der Waals surface area contributed by atoms with Crippen molar-refractivity contribution < 1.29 is 42.1 Å². The van der Waals surface area contributed by atoms with Crippen LogP contribution in [0, 0.1) is 0 Å². The molecule has 0 spiro atoms. The average molecular weight is 621 g/mol. The van der Waals surface area contributed by atoms with Gasteiger partial charge in [-0.25, -0.2) is 4.57 Å². The lowest BCUT2D eigenvalue weighted by atomic mass is 10.1. The Morgan fingerprint density at radius 1 is 0.714 bits per heavy atom. The number of allylic oxidation sites excluding steroid dienone is 2. The van der Waals surface area contributed by atoms with Gasteiger partial charge in [-0.15, -0.1) is 0 Å². The maximum Gasteiger partial charge on any atom is 0.472 e. The Kier molecular flexibility index (Phi) is 25.4. The van der Waals surface area contributed by atoms with E-state index in [9.17, 15) is 19.0 Å². The second kappa shape index (κ2) is 26.2. The third-order valence-corrected chi connectivity index (χ3v) is 7.78. The first-order chi connectivity index (χ1) is 20.0. The molecule has 0 saturated carbocycles. The fraction of sp³-hybridized carbons (Fsp3) is 0.875. The smallest absolute Gasteiger partial charge is 0.462 e. The summed E-state index contributed by atoms with van der Waals surface area (Å²) in [7, 11) is 1.47. The molecule has 0 radical (unpaired) electrons. The van der Waals surface area contributed by atoms with Crippen LogP contribution in [0.15, 0.2) is 12.2 Å². The molecule has 0 fully saturated rings. The summed E-state index contributed by atoms with van der Waals surface area (Å²) in [6.07, 6.45) is 22.0. The first kappa shape index (κ1) is 40.8. The van der Waals surface area contributed by atoms with Crippen molar-refractivity contribution in [3.05, 3.63) is 12.2 Å². The number of phosphoric acid groups is 1. The van der Waals surface area contributed by atoms with Gasteiger partial charge in [0, 0.05) is 12.8 Å². The van der Waals surface area contributed by atoms with Gasteiger partial charge >= 0.3 is 19.8 Å². The van der Waals surface area contributed by atoms with Crippen LogP contribution in [0.3, 0.4) is 0 Å². The van der Waals surface area contributed by atoms with Crippen LogP contribution in [0.5, 0.6) is 0 Å². The van der Waals surface area contributed by atoms with E-state index in [1.54, 1.807) is 0 Å². The summed E-state index contributed by atoms with van der Waals surface area (Å²) < 4.78 is 33.6. The maximum atomic E-state index is 12.3. The van der Waals surface area contributed by atoms with Crippen molar-refractivity contribution in [2.24, 2.45) is 0 Å². The van der Waals surface area contributed by atoms with Gasteiger partial charge in [0.25, 0.3) is 0 Å². The molecule has 0 bridgehead atoms. The zero-order valence-electron chi connectivity index (χ0n) is 27.5. The monoisotopic (exact) mass is 620 g/mol. The highest BCUT2D eigenvalue weighted by molar-refractivity contribution is 7.47. The predicted molar refractivity (Wildman–Crippen MR) is 169 cm³/mol. The second-order valence-electron chi connectivity index (χ2n) is 12.2. The topological polar surface area (TPSA) is 108 Å². The quantitative estimate of drug-likeness (QED) is 0.0296. The molecule has 0 aliphatic carbocycles. The highest BCUT2D eigenvalue weighted by Gasteiger charge is 2.27. The van der Waals surface area contributed by atoms with Crippen LogP contribution in [-0.2, 0) is 32.7 Å². The first-order valence-corrected chi connectivity index (χ1v) is 17.9. The van der Waals surface area contributed by atoms with Gasteiger partial charge in [0.15, 0.2) is 6.10 Å². The van der Waals surface area contributed by atoms with E-state index >= 15 is 0 Å². The number of esters is 2. The molecule has 0 aromatic rings. The molecule has 1 unspecified atom stereocenters. The standard InChI is InChI=1S/C32H62NO8P/c1-6-8-10-11-12-13-14-15-16-17-18-19-20-21-23-24-31(34)38-28-30(41-32(35)25-22-9-7-2)29-40-42(36,37)39-27-26-33(3,4)5/h15-16,30H,6-14,17-29H2,1-5H3/p+1/b16-15+/t30-/m1/s1. The minimum absolute atomic E-state index is 0.0314. The predicted octanol–water partition coefficient (Wildman–Crippen LogP) is 7.90. The van der Waals surface area contributed by atoms with Crippen molar-refractivity contribution in [2.45, 2.75) is 136 Å². The molecule has 9 nitrogen and oxygen atoms in total. The molecular formula is C32H63NO8P+. The van der Waals surface area contributed by atoms with E-state index in [2.05, 4.69) is 19.1 Å². The summed E-state index contributed by atoms with van der Waals surface area (Å²) in [5.74, 6) is -0.838. The number of carbonyl (C=O) groups excluding carboxylic acids is 2. The molecule has 2 atom stereocenters. The summed E-state index contributed by atoms with van der Waals surface area (Å²) in [5.41, 5.74) is 0. The van der Waals surface area contributed by atoms with E-state index < -0.39 is 26.5 Å². The van der Waals surface area contributed by atoms with Crippen molar-refractivity contribution in [1.82, 2.24) is 0 Å². The zero-order valence-corrected chi connectivity index (χ0v) is 28.4. The van der Waals surface area contributed by atoms with Crippen LogP contribution in [0.25, 0.3) is 0 Å². The fourth-order valence-corrected chi connectivity index (χ4v) is 4.86. The zero-order chi connectivity index (χ0) is 31.5. The molecule has 0 heterocycles. The minimum atomic E-state index is -4.34. The highest BCUT2D eigenvalue weighted by atomic mass is 31.2. The van der Waals surface area contributed by atoms with Crippen LogP contribution < -0.4 is 0 Å². The number of carbonyl (C=O) groups is 2. The number of likely N-dealkylation sites (N-methyl/N-ethyl adjacent to an activating group) is 1. The molecule has 0 rings (SSSR count). The molecule has 10 heteroatoms. The number of rotatable bonds is 29. The van der Waals surface area contributed by atoms with Crippen LogP contribution in [-0.4, -0.2) is 74.9 Å². The Bertz CT molecular complexity index is 753. The van der Waals surface area contributed by atoms with E-state index in [0.29, 0.717) is 17.4 Å². The van der Waals surface area contributed by atoms with E-state index in [1.165, 1.54) is 44.9 Å². The van der Waals surface area contributed by atoms with Crippen molar-refractivity contribution in [3.63, 3.8) is 0 Å². The van der Waals surface area contributed by atoms with Crippen molar-refractivity contribution in [2.75, 3.05) is 47.5 Å². The third-order valence-electron chi connectivity index (χ3n) is 6.80. The molecule has 0 saturated heterocycles. The average Bonchev–Trinajstić information content (AvgIpc) is 2.91. The number of quaternary nitrogens is 1. The van der Waals surface area contributed by atoms with Crippen molar-refractivity contribution in [3.8, 4) is 0 Å². The largest absolute Gasteiger partial charge is 0.472 e. The Morgan fingerprint density at radius 3 is 1.81 bits per heavy atom. The van der Waals surface area contributed by atoms with Gasteiger partial charge in [0.1, 0.15) is 19.8 Å². The molecule has 0 aromatic heterocycles. The normalized spacial score (nSPS) is 14.1. The Balaban J connectivity index is 4.24. The molecule has 0 aliphatic rings. The third kappa shape index (κ3) is 28.9. The Hall–Kier alpha value is -1.25. The van der Waals surface area contributed by atoms with Crippen molar-refractivity contribution in [1.29, 1.82) is 0 Å². The lowest BCUT2D eigenvalue weighted by Gasteiger charge is -2.24. The summed E-state index contributed by atoms with van der Waals surface area (Å²) in [5, 5.41) is 0. The summed E-state index contributed by atoms with van der Waals surface area (Å²) in [6.45, 7) is 4.19. The van der Waals surface area contributed by atoms with Gasteiger partial charge in [-0.1, -0.05) is 90.2 Å². The molecule has 42 heavy (non-hydrogen) atoms. The SMILES string of the molecule is CCCCCCCC/C=C/CCCCCCCC(=O)OC[C@H](COP(=O)(O)OCC[N+](C)(C)C)OC(=O)CCCCC. The highest BCUT2D eigenvalue weighted by Crippen LogP contribution is 2.43. The van der Waals surface area contributed by atoms with Crippen LogP contribution >= 0.6 is 7.82 Å². The molecule has 248 valence electrons. The lowest BCUT2D eigenvalue weighted by Crippen LogP contribution is -2.37. The Labute approximate surface area is 256 Å². The van der Waals surface area contributed by atoms with Crippen LogP contribution in [0.4, 0.5) is 0 Å². The van der Waals surface area contributed by atoms with E-state index in [0.717, 1.165) is 51.4 Å². The second-order valence-corrected chi connectivity index (χ2v) is 13.7. The summed E-state index contributed by atoms with van der Waals surface area (Å²) in [4.78, 5) is 34.5.